The molecule has 18 heavy (non-hydrogen) atoms. The molecular weight excluding hydrogens is 249 g/mol. The molecule has 1 N–H and O–H groups in total. The molecule has 0 radical (unpaired) electrons. The molecule has 1 atom stereocenters. The molecule has 98 valence electrons. The summed E-state index contributed by atoms with van der Waals surface area (Å²) < 4.78 is 18.7. The van der Waals surface area contributed by atoms with Crippen LogP contribution in [-0.4, -0.2) is 24.9 Å². The van der Waals surface area contributed by atoms with Crippen LogP contribution >= 0.6 is 11.8 Å². The molecule has 1 aliphatic rings. The van der Waals surface area contributed by atoms with Gasteiger partial charge in [-0.1, -0.05) is 13.0 Å². The first-order chi connectivity index (χ1) is 8.79. The zero-order chi connectivity index (χ0) is 12.8. The van der Waals surface area contributed by atoms with Crippen LogP contribution in [0.25, 0.3) is 0 Å². The maximum Gasteiger partial charge on any atom is 0.124 e. The highest BCUT2D eigenvalue weighted by molar-refractivity contribution is 7.99. The SMILES string of the molecule is CCNC(CSc1cccc(F)c1)C1=CCCO1. The van der Waals surface area contributed by atoms with Gasteiger partial charge in [0, 0.05) is 17.1 Å². The van der Waals surface area contributed by atoms with Gasteiger partial charge in [0.05, 0.1) is 12.6 Å². The minimum Gasteiger partial charge on any atom is -0.496 e. The van der Waals surface area contributed by atoms with Crippen LogP contribution in [0.3, 0.4) is 0 Å². The summed E-state index contributed by atoms with van der Waals surface area (Å²) in [5, 5.41) is 3.40. The predicted molar refractivity (Wildman–Crippen MR) is 73.2 cm³/mol. The van der Waals surface area contributed by atoms with E-state index < -0.39 is 0 Å². The number of ether oxygens (including phenoxy) is 1. The van der Waals surface area contributed by atoms with Gasteiger partial charge in [0.25, 0.3) is 0 Å². The maximum atomic E-state index is 13.1. The summed E-state index contributed by atoms with van der Waals surface area (Å²) >= 11 is 1.65. The van der Waals surface area contributed by atoms with E-state index in [0.717, 1.165) is 36.0 Å². The molecule has 1 unspecified atom stereocenters. The van der Waals surface area contributed by atoms with Crippen molar-refractivity contribution in [2.24, 2.45) is 0 Å². The minimum atomic E-state index is -0.184. The Morgan fingerprint density at radius 1 is 1.50 bits per heavy atom. The van der Waals surface area contributed by atoms with Gasteiger partial charge >= 0.3 is 0 Å². The summed E-state index contributed by atoms with van der Waals surface area (Å²) in [4.78, 5) is 0.955. The lowest BCUT2D eigenvalue weighted by atomic mass is 10.2. The lowest BCUT2D eigenvalue weighted by Gasteiger charge is -2.18. The van der Waals surface area contributed by atoms with Crippen molar-refractivity contribution in [1.29, 1.82) is 0 Å². The van der Waals surface area contributed by atoms with Gasteiger partial charge in [0.2, 0.25) is 0 Å². The highest BCUT2D eigenvalue weighted by Gasteiger charge is 2.18. The van der Waals surface area contributed by atoms with Crippen molar-refractivity contribution < 1.29 is 9.13 Å². The molecule has 1 aromatic rings. The van der Waals surface area contributed by atoms with Crippen molar-refractivity contribution in [3.63, 3.8) is 0 Å². The average Bonchev–Trinajstić information content (AvgIpc) is 2.88. The summed E-state index contributed by atoms with van der Waals surface area (Å²) in [6, 6.07) is 6.92. The number of benzene rings is 1. The van der Waals surface area contributed by atoms with Crippen molar-refractivity contribution in [1.82, 2.24) is 5.32 Å². The van der Waals surface area contributed by atoms with E-state index in [9.17, 15) is 4.39 Å². The van der Waals surface area contributed by atoms with Crippen LogP contribution in [0.5, 0.6) is 0 Å². The standard InChI is InChI=1S/C14H18FNOS/c1-2-16-13(14-7-4-8-17-14)10-18-12-6-3-5-11(15)9-12/h3,5-7,9,13,16H,2,4,8,10H2,1H3. The number of hydrogen-bond donors (Lipinski definition) is 1. The third kappa shape index (κ3) is 3.75. The first-order valence-corrected chi connectivity index (χ1v) is 7.22. The van der Waals surface area contributed by atoms with E-state index in [-0.39, 0.29) is 11.9 Å². The number of hydrogen-bond acceptors (Lipinski definition) is 3. The fourth-order valence-corrected chi connectivity index (χ4v) is 2.92. The third-order valence-electron chi connectivity index (χ3n) is 2.74. The second-order valence-electron chi connectivity index (χ2n) is 4.12. The van der Waals surface area contributed by atoms with Crippen LogP contribution in [0, 0.1) is 5.82 Å². The Bertz CT molecular complexity index is 422. The average molecular weight is 267 g/mol. The Balaban J connectivity index is 1.93. The van der Waals surface area contributed by atoms with Gasteiger partial charge in [-0.3, -0.25) is 0 Å². The first-order valence-electron chi connectivity index (χ1n) is 6.24. The fourth-order valence-electron chi connectivity index (χ4n) is 1.90. The summed E-state index contributed by atoms with van der Waals surface area (Å²) in [5.41, 5.74) is 0. The molecule has 1 heterocycles. The topological polar surface area (TPSA) is 21.3 Å². The van der Waals surface area contributed by atoms with Crippen LogP contribution < -0.4 is 5.32 Å². The number of halogens is 1. The summed E-state index contributed by atoms with van der Waals surface area (Å²) in [5.74, 6) is 1.69. The molecule has 4 heteroatoms. The highest BCUT2D eigenvalue weighted by atomic mass is 32.2. The highest BCUT2D eigenvalue weighted by Crippen LogP contribution is 2.23. The number of likely N-dealkylation sites (N-methyl/N-ethyl adjacent to an activating group) is 1. The van der Waals surface area contributed by atoms with Crippen molar-refractivity contribution >= 4 is 11.8 Å². The quantitative estimate of drug-likeness (QED) is 0.800. The molecule has 0 aromatic heterocycles. The van der Waals surface area contributed by atoms with Crippen LogP contribution in [0.4, 0.5) is 4.39 Å². The molecule has 0 spiro atoms. The zero-order valence-electron chi connectivity index (χ0n) is 10.5. The molecule has 2 nitrogen and oxygen atoms in total. The monoisotopic (exact) mass is 267 g/mol. The predicted octanol–water partition coefficient (Wildman–Crippen LogP) is 3.20. The van der Waals surface area contributed by atoms with E-state index in [1.807, 2.05) is 6.07 Å². The van der Waals surface area contributed by atoms with Gasteiger partial charge in [-0.2, -0.15) is 0 Å². The fraction of sp³-hybridized carbons (Fsp3) is 0.429. The zero-order valence-corrected chi connectivity index (χ0v) is 11.3. The van der Waals surface area contributed by atoms with Crippen LogP contribution in [-0.2, 0) is 4.74 Å². The van der Waals surface area contributed by atoms with Crippen LogP contribution in [0.15, 0.2) is 41.0 Å². The van der Waals surface area contributed by atoms with Crippen LogP contribution in [0.2, 0.25) is 0 Å². The van der Waals surface area contributed by atoms with Crippen molar-refractivity contribution in [2.45, 2.75) is 24.3 Å². The molecule has 0 saturated carbocycles. The molecule has 0 bridgehead atoms. The van der Waals surface area contributed by atoms with Crippen LogP contribution in [0.1, 0.15) is 13.3 Å². The largest absolute Gasteiger partial charge is 0.496 e. The number of thioether (sulfide) groups is 1. The molecule has 1 aliphatic heterocycles. The van der Waals surface area contributed by atoms with Crippen molar-refractivity contribution in [2.75, 3.05) is 18.9 Å². The Morgan fingerprint density at radius 3 is 3.06 bits per heavy atom. The Hall–Kier alpha value is -1.00. The Kier molecular flexibility index (Phi) is 5.08. The lowest BCUT2D eigenvalue weighted by Crippen LogP contribution is -2.33. The molecule has 0 aliphatic carbocycles. The van der Waals surface area contributed by atoms with E-state index in [2.05, 4.69) is 18.3 Å². The van der Waals surface area contributed by atoms with E-state index in [1.54, 1.807) is 23.9 Å². The molecule has 0 saturated heterocycles. The smallest absolute Gasteiger partial charge is 0.124 e. The maximum absolute atomic E-state index is 13.1. The second kappa shape index (κ2) is 6.81. The summed E-state index contributed by atoms with van der Waals surface area (Å²) in [6.07, 6.45) is 3.13. The number of nitrogens with one attached hydrogen (secondary N) is 1. The van der Waals surface area contributed by atoms with Crippen molar-refractivity contribution in [3.05, 3.63) is 41.9 Å². The first kappa shape index (κ1) is 13.4. The second-order valence-corrected chi connectivity index (χ2v) is 5.22. The van der Waals surface area contributed by atoms with Gasteiger partial charge < -0.3 is 10.1 Å². The molecule has 0 amide bonds. The van der Waals surface area contributed by atoms with Crippen molar-refractivity contribution in [3.8, 4) is 0 Å². The summed E-state index contributed by atoms with van der Waals surface area (Å²) in [6.45, 7) is 3.76. The van der Waals surface area contributed by atoms with E-state index in [0.29, 0.717) is 0 Å². The minimum absolute atomic E-state index is 0.184. The van der Waals surface area contributed by atoms with Gasteiger partial charge in [0.15, 0.2) is 0 Å². The van der Waals surface area contributed by atoms with Gasteiger partial charge in [0.1, 0.15) is 11.6 Å². The van der Waals surface area contributed by atoms with Gasteiger partial charge in [-0.25, -0.2) is 4.39 Å². The van der Waals surface area contributed by atoms with Gasteiger partial charge in [-0.05, 0) is 30.8 Å². The molecule has 0 fully saturated rings. The molecular formula is C14H18FNOS. The normalized spacial score (nSPS) is 16.2. The van der Waals surface area contributed by atoms with Gasteiger partial charge in [-0.15, -0.1) is 11.8 Å². The molecule has 1 aromatic carbocycles. The van der Waals surface area contributed by atoms with E-state index in [4.69, 9.17) is 4.74 Å². The van der Waals surface area contributed by atoms with E-state index in [1.165, 1.54) is 6.07 Å². The Labute approximate surface area is 112 Å². The Morgan fingerprint density at radius 2 is 2.39 bits per heavy atom. The summed E-state index contributed by atoms with van der Waals surface area (Å²) in [7, 11) is 0. The van der Waals surface area contributed by atoms with E-state index >= 15 is 0 Å². The lowest BCUT2D eigenvalue weighted by molar-refractivity contribution is 0.220. The number of rotatable bonds is 6. The third-order valence-corrected chi connectivity index (χ3v) is 3.83. The molecule has 2 rings (SSSR count).